The van der Waals surface area contributed by atoms with Crippen LogP contribution in [0.4, 0.5) is 0 Å². The number of hydrogen-bond acceptors (Lipinski definition) is 1. The number of rotatable bonds is 5. The number of H-pyrrole nitrogens is 1. The van der Waals surface area contributed by atoms with Gasteiger partial charge in [0.15, 0.2) is 0 Å². The van der Waals surface area contributed by atoms with E-state index in [2.05, 4.69) is 24.1 Å². The minimum absolute atomic E-state index is 0.0170. The van der Waals surface area contributed by atoms with Gasteiger partial charge in [-0.2, -0.15) is 0 Å². The van der Waals surface area contributed by atoms with Crippen LogP contribution in [0.2, 0.25) is 0 Å². The predicted octanol–water partition coefficient (Wildman–Crippen LogP) is 3.48. The highest BCUT2D eigenvalue weighted by Gasteiger charge is 2.14. The lowest BCUT2D eigenvalue weighted by atomic mass is 10.1. The van der Waals surface area contributed by atoms with Crippen molar-refractivity contribution in [3.63, 3.8) is 0 Å². The molecule has 2 rings (SSSR count). The van der Waals surface area contributed by atoms with E-state index in [0.29, 0.717) is 0 Å². The average molecular weight is 244 g/mol. The molecule has 1 heterocycles. The molecule has 0 fully saturated rings. The molecule has 0 saturated heterocycles. The average Bonchev–Trinajstić information content (AvgIpc) is 2.85. The van der Waals surface area contributed by atoms with Crippen LogP contribution in [0, 0.1) is 0 Å². The summed E-state index contributed by atoms with van der Waals surface area (Å²) in [4.78, 5) is 15.4. The molecule has 0 saturated carbocycles. The van der Waals surface area contributed by atoms with Gasteiger partial charge in [-0.3, -0.25) is 4.79 Å². The summed E-state index contributed by atoms with van der Waals surface area (Å²) in [7, 11) is 0. The van der Waals surface area contributed by atoms with Crippen molar-refractivity contribution in [3.8, 4) is 0 Å². The van der Waals surface area contributed by atoms with E-state index in [1.807, 2.05) is 30.5 Å². The smallest absolute Gasteiger partial charge is 0.253 e. The Kier molecular flexibility index (Phi) is 4.03. The molecule has 1 aromatic heterocycles. The van der Waals surface area contributed by atoms with Crippen LogP contribution < -0.4 is 5.32 Å². The highest BCUT2D eigenvalue weighted by Crippen LogP contribution is 2.17. The van der Waals surface area contributed by atoms with Gasteiger partial charge in [-0.05, 0) is 25.0 Å². The maximum Gasteiger partial charge on any atom is 0.253 e. The first-order valence-electron chi connectivity index (χ1n) is 6.63. The van der Waals surface area contributed by atoms with Crippen molar-refractivity contribution in [2.24, 2.45) is 0 Å². The minimum Gasteiger partial charge on any atom is -0.361 e. The summed E-state index contributed by atoms with van der Waals surface area (Å²) in [6.07, 6.45) is 4.96. The normalized spacial score (nSPS) is 12.6. The van der Waals surface area contributed by atoms with Crippen LogP contribution in [-0.4, -0.2) is 16.9 Å². The largest absolute Gasteiger partial charge is 0.361 e. The fourth-order valence-electron chi connectivity index (χ4n) is 2.26. The summed E-state index contributed by atoms with van der Waals surface area (Å²) < 4.78 is 0. The molecule has 0 spiro atoms. The summed E-state index contributed by atoms with van der Waals surface area (Å²) in [5.41, 5.74) is 1.65. The molecule has 3 nitrogen and oxygen atoms in total. The third-order valence-electron chi connectivity index (χ3n) is 3.30. The van der Waals surface area contributed by atoms with E-state index in [4.69, 9.17) is 0 Å². The zero-order valence-electron chi connectivity index (χ0n) is 11.0. The third kappa shape index (κ3) is 2.55. The number of benzene rings is 1. The van der Waals surface area contributed by atoms with Gasteiger partial charge in [0.1, 0.15) is 0 Å². The van der Waals surface area contributed by atoms with E-state index in [9.17, 15) is 4.79 Å². The summed E-state index contributed by atoms with van der Waals surface area (Å²) in [6.45, 7) is 4.25. The molecule has 0 bridgehead atoms. The first-order valence-corrected chi connectivity index (χ1v) is 6.63. The van der Waals surface area contributed by atoms with E-state index in [0.717, 1.165) is 35.7 Å². The molecule has 2 aromatic rings. The van der Waals surface area contributed by atoms with Gasteiger partial charge in [0.05, 0.1) is 11.1 Å². The molecule has 1 unspecified atom stereocenters. The zero-order chi connectivity index (χ0) is 13.0. The molecule has 0 aliphatic rings. The monoisotopic (exact) mass is 244 g/mol. The standard InChI is InChI=1S/C15H20N2O/c1-3-6-12(4-2)17-15(18)13-8-5-7-11-9-10-16-14(11)13/h5,7-10,12,16H,3-4,6H2,1-2H3,(H,17,18). The number of aromatic amines is 1. The molecule has 1 atom stereocenters. The number of nitrogens with one attached hydrogen (secondary N) is 2. The number of aromatic nitrogens is 1. The summed E-state index contributed by atoms with van der Waals surface area (Å²) >= 11 is 0. The highest BCUT2D eigenvalue weighted by atomic mass is 16.1. The van der Waals surface area contributed by atoms with Gasteiger partial charge in [-0.1, -0.05) is 32.4 Å². The summed E-state index contributed by atoms with van der Waals surface area (Å²) in [6, 6.07) is 8.05. The summed E-state index contributed by atoms with van der Waals surface area (Å²) in [5, 5.41) is 4.18. The maximum atomic E-state index is 12.3. The minimum atomic E-state index is 0.0170. The number of para-hydroxylation sites is 1. The molecule has 18 heavy (non-hydrogen) atoms. The van der Waals surface area contributed by atoms with Crippen LogP contribution >= 0.6 is 0 Å². The topological polar surface area (TPSA) is 44.9 Å². The van der Waals surface area contributed by atoms with Crippen LogP contribution in [0.25, 0.3) is 10.9 Å². The van der Waals surface area contributed by atoms with E-state index in [1.165, 1.54) is 0 Å². The van der Waals surface area contributed by atoms with E-state index >= 15 is 0 Å². The van der Waals surface area contributed by atoms with Crippen molar-refractivity contribution in [1.82, 2.24) is 10.3 Å². The summed E-state index contributed by atoms with van der Waals surface area (Å²) in [5.74, 6) is 0.0170. The second-order valence-electron chi connectivity index (χ2n) is 4.61. The number of hydrogen-bond donors (Lipinski definition) is 2. The SMILES string of the molecule is CCCC(CC)NC(=O)c1cccc2cc[nH]c12. The van der Waals surface area contributed by atoms with Gasteiger partial charge in [0, 0.05) is 17.6 Å². The second-order valence-corrected chi connectivity index (χ2v) is 4.61. The molecule has 2 N–H and O–H groups in total. The molecule has 96 valence electrons. The van der Waals surface area contributed by atoms with Crippen molar-refractivity contribution in [2.45, 2.75) is 39.2 Å². The molecular formula is C15H20N2O. The van der Waals surface area contributed by atoms with Crippen molar-refractivity contribution < 1.29 is 4.79 Å². The van der Waals surface area contributed by atoms with Crippen molar-refractivity contribution in [3.05, 3.63) is 36.0 Å². The van der Waals surface area contributed by atoms with E-state index in [1.54, 1.807) is 0 Å². The first-order chi connectivity index (χ1) is 8.76. The number of amides is 1. The Bertz CT molecular complexity index is 530. The quantitative estimate of drug-likeness (QED) is 0.831. The van der Waals surface area contributed by atoms with Crippen LogP contribution in [0.1, 0.15) is 43.5 Å². The zero-order valence-corrected chi connectivity index (χ0v) is 11.0. The fourth-order valence-corrected chi connectivity index (χ4v) is 2.26. The molecule has 1 amide bonds. The third-order valence-corrected chi connectivity index (χ3v) is 3.30. The lowest BCUT2D eigenvalue weighted by molar-refractivity contribution is 0.0935. The van der Waals surface area contributed by atoms with Gasteiger partial charge >= 0.3 is 0 Å². The van der Waals surface area contributed by atoms with Gasteiger partial charge < -0.3 is 10.3 Å². The van der Waals surface area contributed by atoms with Gasteiger partial charge in [-0.15, -0.1) is 0 Å². The maximum absolute atomic E-state index is 12.3. The van der Waals surface area contributed by atoms with Gasteiger partial charge in [0.25, 0.3) is 5.91 Å². The van der Waals surface area contributed by atoms with Crippen molar-refractivity contribution in [1.29, 1.82) is 0 Å². The molecular weight excluding hydrogens is 224 g/mol. The molecule has 0 aliphatic heterocycles. The van der Waals surface area contributed by atoms with E-state index < -0.39 is 0 Å². The van der Waals surface area contributed by atoms with Crippen molar-refractivity contribution >= 4 is 16.8 Å². The van der Waals surface area contributed by atoms with Crippen LogP contribution in [0.3, 0.4) is 0 Å². The number of fused-ring (bicyclic) bond motifs is 1. The Balaban J connectivity index is 2.20. The molecule has 0 aliphatic carbocycles. The van der Waals surface area contributed by atoms with Crippen LogP contribution in [-0.2, 0) is 0 Å². The van der Waals surface area contributed by atoms with Crippen molar-refractivity contribution in [2.75, 3.05) is 0 Å². The Labute approximate surface area is 108 Å². The first kappa shape index (κ1) is 12.7. The Morgan fingerprint density at radius 3 is 2.89 bits per heavy atom. The lowest BCUT2D eigenvalue weighted by Gasteiger charge is -2.16. The Hall–Kier alpha value is -1.77. The van der Waals surface area contributed by atoms with E-state index in [-0.39, 0.29) is 11.9 Å². The Morgan fingerprint density at radius 2 is 2.17 bits per heavy atom. The molecule has 3 heteroatoms. The van der Waals surface area contributed by atoms with Crippen LogP contribution in [0.5, 0.6) is 0 Å². The van der Waals surface area contributed by atoms with Gasteiger partial charge in [-0.25, -0.2) is 0 Å². The second kappa shape index (κ2) is 5.71. The molecule has 0 radical (unpaired) electrons. The molecule has 1 aromatic carbocycles. The van der Waals surface area contributed by atoms with Crippen LogP contribution in [0.15, 0.2) is 30.5 Å². The fraction of sp³-hybridized carbons (Fsp3) is 0.400. The predicted molar refractivity (Wildman–Crippen MR) is 74.8 cm³/mol. The lowest BCUT2D eigenvalue weighted by Crippen LogP contribution is -2.34. The highest BCUT2D eigenvalue weighted by molar-refractivity contribution is 6.05. The Morgan fingerprint density at radius 1 is 1.33 bits per heavy atom. The number of carbonyl (C=O) groups is 1. The number of carbonyl (C=O) groups excluding carboxylic acids is 1. The van der Waals surface area contributed by atoms with Gasteiger partial charge in [0.2, 0.25) is 0 Å².